The van der Waals surface area contributed by atoms with Gasteiger partial charge in [0.15, 0.2) is 0 Å². The highest BCUT2D eigenvalue weighted by molar-refractivity contribution is 5.76. The first-order chi connectivity index (χ1) is 10.3. The summed E-state index contributed by atoms with van der Waals surface area (Å²) in [5, 5.41) is 5.33. The van der Waals surface area contributed by atoms with E-state index in [9.17, 15) is 9.59 Å². The van der Waals surface area contributed by atoms with Crippen molar-refractivity contribution in [3.8, 4) is 0 Å². The molecule has 1 aromatic carbocycles. The van der Waals surface area contributed by atoms with Crippen LogP contribution in [0.25, 0.3) is 0 Å². The molecule has 0 heterocycles. The van der Waals surface area contributed by atoms with E-state index in [2.05, 4.69) is 10.6 Å². The second kappa shape index (κ2) is 8.26. The van der Waals surface area contributed by atoms with Crippen LogP contribution < -0.4 is 16.4 Å². The van der Waals surface area contributed by atoms with Crippen LogP contribution in [-0.4, -0.2) is 30.7 Å². The summed E-state index contributed by atoms with van der Waals surface area (Å²) < 4.78 is 5.09. The number of amides is 2. The van der Waals surface area contributed by atoms with Gasteiger partial charge in [0, 0.05) is 25.2 Å². The molecule has 0 aliphatic rings. The summed E-state index contributed by atoms with van der Waals surface area (Å²) >= 11 is 0. The lowest BCUT2D eigenvalue weighted by molar-refractivity contribution is -0.121. The number of anilines is 1. The predicted molar refractivity (Wildman–Crippen MR) is 86.4 cm³/mol. The SMILES string of the molecule is CC(C)(C)OC(=O)NCCNC(=O)CCc1ccc(N)cc1. The molecule has 0 fully saturated rings. The van der Waals surface area contributed by atoms with Gasteiger partial charge in [-0.1, -0.05) is 12.1 Å². The zero-order valence-electron chi connectivity index (χ0n) is 13.4. The smallest absolute Gasteiger partial charge is 0.407 e. The van der Waals surface area contributed by atoms with Crippen molar-refractivity contribution in [2.75, 3.05) is 18.8 Å². The van der Waals surface area contributed by atoms with Gasteiger partial charge in [0.1, 0.15) is 5.60 Å². The molecule has 22 heavy (non-hydrogen) atoms. The van der Waals surface area contributed by atoms with Crippen LogP contribution in [0.5, 0.6) is 0 Å². The second-order valence-electron chi connectivity index (χ2n) is 6.02. The van der Waals surface area contributed by atoms with E-state index in [1.54, 1.807) is 20.8 Å². The van der Waals surface area contributed by atoms with Crippen molar-refractivity contribution in [2.45, 2.75) is 39.2 Å². The molecule has 0 aromatic heterocycles. The Kier molecular flexibility index (Phi) is 6.69. The van der Waals surface area contributed by atoms with Crippen LogP contribution in [-0.2, 0) is 16.0 Å². The van der Waals surface area contributed by atoms with Crippen molar-refractivity contribution in [3.05, 3.63) is 29.8 Å². The zero-order valence-corrected chi connectivity index (χ0v) is 13.4. The van der Waals surface area contributed by atoms with E-state index in [0.29, 0.717) is 31.6 Å². The number of nitrogen functional groups attached to an aromatic ring is 1. The normalized spacial score (nSPS) is 10.9. The number of aryl methyl sites for hydroxylation is 1. The molecular weight excluding hydrogens is 282 g/mol. The molecule has 0 radical (unpaired) electrons. The van der Waals surface area contributed by atoms with Gasteiger partial charge in [-0.15, -0.1) is 0 Å². The number of alkyl carbamates (subject to hydrolysis) is 1. The van der Waals surface area contributed by atoms with Gasteiger partial charge in [0.25, 0.3) is 0 Å². The van der Waals surface area contributed by atoms with Crippen molar-refractivity contribution in [1.82, 2.24) is 10.6 Å². The van der Waals surface area contributed by atoms with E-state index in [4.69, 9.17) is 10.5 Å². The van der Waals surface area contributed by atoms with Crippen molar-refractivity contribution in [1.29, 1.82) is 0 Å². The Balaban J connectivity index is 2.13. The second-order valence-corrected chi connectivity index (χ2v) is 6.02. The highest BCUT2D eigenvalue weighted by atomic mass is 16.6. The lowest BCUT2D eigenvalue weighted by atomic mass is 10.1. The van der Waals surface area contributed by atoms with Gasteiger partial charge >= 0.3 is 6.09 Å². The van der Waals surface area contributed by atoms with Gasteiger partial charge in [-0.2, -0.15) is 0 Å². The van der Waals surface area contributed by atoms with E-state index in [1.165, 1.54) is 0 Å². The number of carbonyl (C=O) groups is 2. The quantitative estimate of drug-likeness (QED) is 0.552. The monoisotopic (exact) mass is 307 g/mol. The molecule has 0 atom stereocenters. The van der Waals surface area contributed by atoms with Gasteiger partial charge in [0.2, 0.25) is 5.91 Å². The Morgan fingerprint density at radius 3 is 2.27 bits per heavy atom. The fraction of sp³-hybridized carbons (Fsp3) is 0.500. The number of ether oxygens (including phenoxy) is 1. The fourth-order valence-electron chi connectivity index (χ4n) is 1.71. The number of nitrogens with one attached hydrogen (secondary N) is 2. The zero-order chi connectivity index (χ0) is 16.6. The van der Waals surface area contributed by atoms with Crippen LogP contribution in [0.3, 0.4) is 0 Å². The molecule has 6 nitrogen and oxygen atoms in total. The Morgan fingerprint density at radius 2 is 1.68 bits per heavy atom. The number of rotatable bonds is 6. The largest absolute Gasteiger partial charge is 0.444 e. The average molecular weight is 307 g/mol. The maximum Gasteiger partial charge on any atom is 0.407 e. The molecule has 0 bridgehead atoms. The van der Waals surface area contributed by atoms with Gasteiger partial charge in [-0.25, -0.2) is 4.79 Å². The van der Waals surface area contributed by atoms with E-state index in [1.807, 2.05) is 24.3 Å². The van der Waals surface area contributed by atoms with Crippen molar-refractivity contribution < 1.29 is 14.3 Å². The summed E-state index contributed by atoms with van der Waals surface area (Å²) in [5.41, 5.74) is 6.86. The first kappa shape index (κ1) is 17.8. The summed E-state index contributed by atoms with van der Waals surface area (Å²) in [6.07, 6.45) is 0.575. The summed E-state index contributed by atoms with van der Waals surface area (Å²) in [6, 6.07) is 7.45. The standard InChI is InChI=1S/C16H25N3O3/c1-16(2,3)22-15(21)19-11-10-18-14(20)9-6-12-4-7-13(17)8-5-12/h4-5,7-8H,6,9-11,17H2,1-3H3,(H,18,20)(H,19,21). The maximum absolute atomic E-state index is 11.7. The van der Waals surface area contributed by atoms with Gasteiger partial charge in [-0.3, -0.25) is 4.79 Å². The van der Waals surface area contributed by atoms with Gasteiger partial charge in [-0.05, 0) is 44.9 Å². The van der Waals surface area contributed by atoms with Crippen molar-refractivity contribution >= 4 is 17.7 Å². The molecule has 0 saturated carbocycles. The summed E-state index contributed by atoms with van der Waals surface area (Å²) in [6.45, 7) is 6.10. The van der Waals surface area contributed by atoms with Crippen molar-refractivity contribution in [3.63, 3.8) is 0 Å². The highest BCUT2D eigenvalue weighted by Crippen LogP contribution is 2.07. The highest BCUT2D eigenvalue weighted by Gasteiger charge is 2.15. The Morgan fingerprint density at radius 1 is 1.09 bits per heavy atom. The summed E-state index contributed by atoms with van der Waals surface area (Å²) in [4.78, 5) is 23.1. The molecule has 0 aliphatic heterocycles. The molecular formula is C16H25N3O3. The topological polar surface area (TPSA) is 93.5 Å². The van der Waals surface area contributed by atoms with Crippen molar-refractivity contribution in [2.24, 2.45) is 0 Å². The van der Waals surface area contributed by atoms with Crippen LogP contribution >= 0.6 is 0 Å². The number of carbonyl (C=O) groups excluding carboxylic acids is 2. The molecule has 4 N–H and O–H groups in total. The number of benzene rings is 1. The summed E-state index contributed by atoms with van der Waals surface area (Å²) in [5.74, 6) is -0.0530. The third kappa shape index (κ3) is 8.14. The molecule has 0 unspecified atom stereocenters. The molecule has 0 saturated heterocycles. The third-order valence-corrected chi connectivity index (χ3v) is 2.74. The predicted octanol–water partition coefficient (Wildman–Crippen LogP) is 1.84. The average Bonchev–Trinajstić information content (AvgIpc) is 2.41. The first-order valence-electron chi connectivity index (χ1n) is 7.34. The Hall–Kier alpha value is -2.24. The first-order valence-corrected chi connectivity index (χ1v) is 7.34. The molecule has 1 rings (SSSR count). The van der Waals surface area contributed by atoms with E-state index in [-0.39, 0.29) is 5.91 Å². The van der Waals surface area contributed by atoms with E-state index < -0.39 is 11.7 Å². The molecule has 2 amide bonds. The number of hydrogen-bond donors (Lipinski definition) is 3. The maximum atomic E-state index is 11.7. The van der Waals surface area contributed by atoms with Crippen LogP contribution in [0.4, 0.5) is 10.5 Å². The molecule has 0 spiro atoms. The van der Waals surface area contributed by atoms with Gasteiger partial charge < -0.3 is 21.1 Å². The summed E-state index contributed by atoms with van der Waals surface area (Å²) in [7, 11) is 0. The fourth-order valence-corrected chi connectivity index (χ4v) is 1.71. The minimum absolute atomic E-state index is 0.0530. The Bertz CT molecular complexity index is 492. The van der Waals surface area contributed by atoms with Crippen LogP contribution in [0.1, 0.15) is 32.8 Å². The van der Waals surface area contributed by atoms with Crippen LogP contribution in [0.15, 0.2) is 24.3 Å². The lowest BCUT2D eigenvalue weighted by Gasteiger charge is -2.19. The Labute approximate surface area is 131 Å². The lowest BCUT2D eigenvalue weighted by Crippen LogP contribution is -2.37. The molecule has 1 aromatic rings. The van der Waals surface area contributed by atoms with E-state index in [0.717, 1.165) is 5.56 Å². The van der Waals surface area contributed by atoms with Crippen LogP contribution in [0, 0.1) is 0 Å². The molecule has 0 aliphatic carbocycles. The van der Waals surface area contributed by atoms with E-state index >= 15 is 0 Å². The minimum atomic E-state index is -0.521. The van der Waals surface area contributed by atoms with Crippen LogP contribution in [0.2, 0.25) is 0 Å². The number of hydrogen-bond acceptors (Lipinski definition) is 4. The van der Waals surface area contributed by atoms with Gasteiger partial charge in [0.05, 0.1) is 0 Å². The molecule has 122 valence electrons. The minimum Gasteiger partial charge on any atom is -0.444 e. The third-order valence-electron chi connectivity index (χ3n) is 2.74. The number of nitrogens with two attached hydrogens (primary N) is 1. The molecule has 6 heteroatoms.